The standard InChI is InChI=1S/C26H30N2O3/c1-20(2)31-25-16-10-22(11-17-25)27-19-26(29)28-23-12-14-24(15-13-23)30-18-6-9-21-7-4-3-5-8-21/h3-5,7-8,10-17,20,27H,6,9,18-19H2,1-2H3,(H,28,29). The molecule has 0 saturated carbocycles. The van der Waals surface area contributed by atoms with Crippen LogP contribution in [0.5, 0.6) is 11.5 Å². The highest BCUT2D eigenvalue weighted by atomic mass is 16.5. The summed E-state index contributed by atoms with van der Waals surface area (Å²) in [5.74, 6) is 1.50. The van der Waals surface area contributed by atoms with Crippen molar-refractivity contribution < 1.29 is 14.3 Å². The van der Waals surface area contributed by atoms with Gasteiger partial charge in [0, 0.05) is 11.4 Å². The van der Waals surface area contributed by atoms with Crippen LogP contribution >= 0.6 is 0 Å². The van der Waals surface area contributed by atoms with Crippen LogP contribution in [0.25, 0.3) is 0 Å². The number of amides is 1. The Balaban J connectivity index is 1.36. The molecule has 5 nitrogen and oxygen atoms in total. The molecule has 3 aromatic rings. The van der Waals surface area contributed by atoms with Crippen molar-refractivity contribution in [2.45, 2.75) is 32.8 Å². The van der Waals surface area contributed by atoms with Crippen LogP contribution in [-0.2, 0) is 11.2 Å². The van der Waals surface area contributed by atoms with Crippen LogP contribution in [0.4, 0.5) is 11.4 Å². The van der Waals surface area contributed by atoms with E-state index in [1.54, 1.807) is 0 Å². The summed E-state index contributed by atoms with van der Waals surface area (Å²) < 4.78 is 11.4. The van der Waals surface area contributed by atoms with Gasteiger partial charge >= 0.3 is 0 Å². The second-order valence-corrected chi connectivity index (χ2v) is 7.55. The van der Waals surface area contributed by atoms with E-state index in [0.717, 1.165) is 35.7 Å². The lowest BCUT2D eigenvalue weighted by atomic mass is 10.1. The Bertz CT molecular complexity index is 923. The highest BCUT2D eigenvalue weighted by Gasteiger charge is 2.04. The molecule has 0 spiro atoms. The van der Waals surface area contributed by atoms with Crippen LogP contribution in [0.15, 0.2) is 78.9 Å². The maximum absolute atomic E-state index is 12.2. The topological polar surface area (TPSA) is 59.6 Å². The molecular formula is C26H30N2O3. The first kappa shape index (κ1) is 22.2. The van der Waals surface area contributed by atoms with Crippen LogP contribution in [0.1, 0.15) is 25.8 Å². The van der Waals surface area contributed by atoms with Crippen LogP contribution in [0.2, 0.25) is 0 Å². The van der Waals surface area contributed by atoms with Gasteiger partial charge in [0.15, 0.2) is 0 Å². The fourth-order valence-corrected chi connectivity index (χ4v) is 3.06. The van der Waals surface area contributed by atoms with Crippen molar-refractivity contribution in [3.05, 3.63) is 84.4 Å². The van der Waals surface area contributed by atoms with E-state index in [0.29, 0.717) is 6.61 Å². The summed E-state index contributed by atoms with van der Waals surface area (Å²) in [7, 11) is 0. The van der Waals surface area contributed by atoms with E-state index in [4.69, 9.17) is 9.47 Å². The summed E-state index contributed by atoms with van der Waals surface area (Å²) in [6.45, 7) is 4.82. The first-order chi connectivity index (χ1) is 15.1. The molecule has 0 aliphatic carbocycles. The van der Waals surface area contributed by atoms with Crippen molar-refractivity contribution in [1.29, 1.82) is 0 Å². The van der Waals surface area contributed by atoms with E-state index in [1.807, 2.05) is 68.4 Å². The largest absolute Gasteiger partial charge is 0.494 e. The molecule has 0 radical (unpaired) electrons. The number of hydrogen-bond donors (Lipinski definition) is 2. The Morgan fingerprint density at radius 2 is 1.48 bits per heavy atom. The molecule has 2 N–H and O–H groups in total. The molecule has 3 aromatic carbocycles. The third-order valence-electron chi connectivity index (χ3n) is 4.54. The highest BCUT2D eigenvalue weighted by molar-refractivity contribution is 5.93. The molecule has 0 aromatic heterocycles. The molecule has 0 aliphatic heterocycles. The van der Waals surface area contributed by atoms with Gasteiger partial charge in [-0.1, -0.05) is 30.3 Å². The summed E-state index contributed by atoms with van der Waals surface area (Å²) in [5.41, 5.74) is 2.92. The molecular weight excluding hydrogens is 388 g/mol. The van der Waals surface area contributed by atoms with Gasteiger partial charge in [-0.15, -0.1) is 0 Å². The third-order valence-corrected chi connectivity index (χ3v) is 4.54. The van der Waals surface area contributed by atoms with Gasteiger partial charge in [-0.05, 0) is 80.8 Å². The van der Waals surface area contributed by atoms with Crippen molar-refractivity contribution in [3.63, 3.8) is 0 Å². The minimum atomic E-state index is -0.112. The van der Waals surface area contributed by atoms with Crippen LogP contribution < -0.4 is 20.1 Å². The number of ether oxygens (including phenoxy) is 2. The van der Waals surface area contributed by atoms with Crippen molar-refractivity contribution >= 4 is 17.3 Å². The minimum absolute atomic E-state index is 0.112. The average Bonchev–Trinajstić information content (AvgIpc) is 2.78. The lowest BCUT2D eigenvalue weighted by Crippen LogP contribution is -2.21. The normalized spacial score (nSPS) is 10.5. The average molecular weight is 419 g/mol. The molecule has 31 heavy (non-hydrogen) atoms. The fraction of sp³-hybridized carbons (Fsp3) is 0.269. The SMILES string of the molecule is CC(C)Oc1ccc(NCC(=O)Nc2ccc(OCCCc3ccccc3)cc2)cc1. The molecule has 0 atom stereocenters. The van der Waals surface area contributed by atoms with Gasteiger partial charge in [-0.3, -0.25) is 4.79 Å². The van der Waals surface area contributed by atoms with E-state index in [-0.39, 0.29) is 18.6 Å². The predicted molar refractivity (Wildman–Crippen MR) is 126 cm³/mol. The molecule has 0 aliphatic rings. The predicted octanol–water partition coefficient (Wildman–Crippen LogP) is 5.54. The Morgan fingerprint density at radius 3 is 2.16 bits per heavy atom. The van der Waals surface area contributed by atoms with Crippen LogP contribution in [0.3, 0.4) is 0 Å². The second kappa shape index (κ2) is 11.6. The number of nitrogens with one attached hydrogen (secondary N) is 2. The maximum atomic E-state index is 12.2. The molecule has 162 valence electrons. The molecule has 0 heterocycles. The third kappa shape index (κ3) is 8.05. The van der Waals surface area contributed by atoms with Crippen molar-refractivity contribution in [2.75, 3.05) is 23.8 Å². The molecule has 3 rings (SSSR count). The lowest BCUT2D eigenvalue weighted by Gasteiger charge is -2.11. The van der Waals surface area contributed by atoms with Crippen molar-refractivity contribution in [1.82, 2.24) is 0 Å². The summed E-state index contributed by atoms with van der Waals surface area (Å²) in [5, 5.41) is 6.00. The van der Waals surface area contributed by atoms with Gasteiger partial charge in [0.05, 0.1) is 19.3 Å². The number of aryl methyl sites for hydroxylation is 1. The van der Waals surface area contributed by atoms with E-state index in [9.17, 15) is 4.79 Å². The number of rotatable bonds is 11. The molecule has 0 unspecified atom stereocenters. The number of anilines is 2. The van der Waals surface area contributed by atoms with Gasteiger partial charge in [0.1, 0.15) is 11.5 Å². The van der Waals surface area contributed by atoms with Gasteiger partial charge in [0.2, 0.25) is 5.91 Å². The summed E-state index contributed by atoms with van der Waals surface area (Å²) >= 11 is 0. The van der Waals surface area contributed by atoms with Crippen molar-refractivity contribution in [3.8, 4) is 11.5 Å². The Kier molecular flexibility index (Phi) is 8.35. The van der Waals surface area contributed by atoms with Crippen LogP contribution in [-0.4, -0.2) is 25.2 Å². The maximum Gasteiger partial charge on any atom is 0.243 e. The van der Waals surface area contributed by atoms with Crippen LogP contribution in [0, 0.1) is 0 Å². The Hall–Kier alpha value is -3.47. The Morgan fingerprint density at radius 1 is 0.839 bits per heavy atom. The number of carbonyl (C=O) groups is 1. The summed E-state index contributed by atoms with van der Waals surface area (Å²) in [4.78, 5) is 12.2. The van der Waals surface area contributed by atoms with Gasteiger partial charge in [-0.2, -0.15) is 0 Å². The van der Waals surface area contributed by atoms with Gasteiger partial charge in [0.25, 0.3) is 0 Å². The molecule has 0 saturated heterocycles. The summed E-state index contributed by atoms with van der Waals surface area (Å²) in [6, 6.07) is 25.4. The number of hydrogen-bond acceptors (Lipinski definition) is 4. The fourth-order valence-electron chi connectivity index (χ4n) is 3.06. The first-order valence-corrected chi connectivity index (χ1v) is 10.7. The zero-order valence-electron chi connectivity index (χ0n) is 18.1. The Labute approximate surface area is 184 Å². The summed E-state index contributed by atoms with van der Waals surface area (Å²) in [6.07, 6.45) is 2.09. The smallest absolute Gasteiger partial charge is 0.243 e. The van der Waals surface area contributed by atoms with E-state index in [2.05, 4.69) is 34.9 Å². The first-order valence-electron chi connectivity index (χ1n) is 10.7. The molecule has 0 bridgehead atoms. The van der Waals surface area contributed by atoms with Gasteiger partial charge in [-0.25, -0.2) is 0 Å². The number of benzene rings is 3. The van der Waals surface area contributed by atoms with Crippen molar-refractivity contribution in [2.24, 2.45) is 0 Å². The second-order valence-electron chi connectivity index (χ2n) is 7.55. The van der Waals surface area contributed by atoms with E-state index in [1.165, 1.54) is 5.56 Å². The van der Waals surface area contributed by atoms with E-state index >= 15 is 0 Å². The monoisotopic (exact) mass is 418 g/mol. The molecule has 5 heteroatoms. The quantitative estimate of drug-likeness (QED) is 0.402. The van der Waals surface area contributed by atoms with Gasteiger partial charge < -0.3 is 20.1 Å². The molecule has 1 amide bonds. The number of carbonyl (C=O) groups excluding carboxylic acids is 1. The minimum Gasteiger partial charge on any atom is -0.494 e. The zero-order chi connectivity index (χ0) is 21.9. The zero-order valence-corrected chi connectivity index (χ0v) is 18.1. The lowest BCUT2D eigenvalue weighted by molar-refractivity contribution is -0.114. The van der Waals surface area contributed by atoms with E-state index < -0.39 is 0 Å². The highest BCUT2D eigenvalue weighted by Crippen LogP contribution is 2.18. The molecule has 0 fully saturated rings.